The molecule has 1 unspecified atom stereocenters. The SMILES string of the molecule is COCCCC(N)c1cc2cccc(C)c2o1. The molecule has 0 aliphatic rings. The van der Waals surface area contributed by atoms with E-state index in [1.165, 1.54) is 0 Å². The monoisotopic (exact) mass is 233 g/mol. The third-order valence-electron chi connectivity index (χ3n) is 2.99. The molecule has 3 nitrogen and oxygen atoms in total. The summed E-state index contributed by atoms with van der Waals surface area (Å²) in [5.74, 6) is 0.866. The highest BCUT2D eigenvalue weighted by Crippen LogP contribution is 2.27. The summed E-state index contributed by atoms with van der Waals surface area (Å²) in [7, 11) is 1.70. The highest BCUT2D eigenvalue weighted by molar-refractivity contribution is 5.80. The first-order chi connectivity index (χ1) is 8.22. The van der Waals surface area contributed by atoms with Crippen molar-refractivity contribution in [3.8, 4) is 0 Å². The van der Waals surface area contributed by atoms with Crippen LogP contribution in [0.15, 0.2) is 28.7 Å². The summed E-state index contributed by atoms with van der Waals surface area (Å²) in [5.41, 5.74) is 8.20. The average molecular weight is 233 g/mol. The fourth-order valence-corrected chi connectivity index (χ4v) is 2.00. The molecule has 17 heavy (non-hydrogen) atoms. The van der Waals surface area contributed by atoms with E-state index >= 15 is 0 Å². The lowest BCUT2D eigenvalue weighted by Crippen LogP contribution is -2.09. The third-order valence-corrected chi connectivity index (χ3v) is 2.99. The van der Waals surface area contributed by atoms with Crippen LogP contribution in [0.3, 0.4) is 0 Å². The fourth-order valence-electron chi connectivity index (χ4n) is 2.00. The number of para-hydroxylation sites is 1. The summed E-state index contributed by atoms with van der Waals surface area (Å²) >= 11 is 0. The van der Waals surface area contributed by atoms with Crippen LogP contribution in [0.1, 0.15) is 30.2 Å². The Morgan fingerprint density at radius 1 is 1.41 bits per heavy atom. The molecule has 0 bridgehead atoms. The van der Waals surface area contributed by atoms with Crippen molar-refractivity contribution in [2.45, 2.75) is 25.8 Å². The number of ether oxygens (including phenoxy) is 1. The van der Waals surface area contributed by atoms with Gasteiger partial charge in [0.2, 0.25) is 0 Å². The number of aryl methyl sites for hydroxylation is 1. The molecule has 0 aliphatic carbocycles. The molecule has 2 rings (SSSR count). The van der Waals surface area contributed by atoms with Crippen LogP contribution in [0.2, 0.25) is 0 Å². The zero-order chi connectivity index (χ0) is 12.3. The Morgan fingerprint density at radius 2 is 2.24 bits per heavy atom. The molecule has 0 amide bonds. The maximum atomic E-state index is 6.10. The van der Waals surface area contributed by atoms with Crippen molar-refractivity contribution in [1.82, 2.24) is 0 Å². The molecule has 0 radical (unpaired) electrons. The number of rotatable bonds is 5. The van der Waals surface area contributed by atoms with Crippen molar-refractivity contribution >= 4 is 11.0 Å². The second-order valence-corrected chi connectivity index (χ2v) is 4.38. The quantitative estimate of drug-likeness (QED) is 0.807. The second kappa shape index (κ2) is 5.34. The topological polar surface area (TPSA) is 48.4 Å². The van der Waals surface area contributed by atoms with Crippen LogP contribution < -0.4 is 5.73 Å². The summed E-state index contributed by atoms with van der Waals surface area (Å²) in [5, 5.41) is 1.13. The zero-order valence-corrected chi connectivity index (χ0v) is 10.4. The van der Waals surface area contributed by atoms with E-state index in [0.717, 1.165) is 41.7 Å². The predicted molar refractivity (Wildman–Crippen MR) is 69.0 cm³/mol. The average Bonchev–Trinajstić information content (AvgIpc) is 2.75. The highest BCUT2D eigenvalue weighted by Gasteiger charge is 2.12. The van der Waals surface area contributed by atoms with Gasteiger partial charge in [-0.15, -0.1) is 0 Å². The maximum Gasteiger partial charge on any atom is 0.137 e. The summed E-state index contributed by atoms with van der Waals surface area (Å²) in [6.45, 7) is 2.79. The lowest BCUT2D eigenvalue weighted by Gasteiger charge is -2.07. The molecular formula is C14H19NO2. The molecule has 0 saturated heterocycles. The van der Waals surface area contributed by atoms with E-state index in [0.29, 0.717) is 0 Å². The summed E-state index contributed by atoms with van der Waals surface area (Å²) < 4.78 is 10.8. The molecule has 1 atom stereocenters. The first-order valence-electron chi connectivity index (χ1n) is 5.96. The van der Waals surface area contributed by atoms with Crippen molar-refractivity contribution in [3.05, 3.63) is 35.6 Å². The highest BCUT2D eigenvalue weighted by atomic mass is 16.5. The molecule has 0 aliphatic heterocycles. The lowest BCUT2D eigenvalue weighted by molar-refractivity contribution is 0.189. The van der Waals surface area contributed by atoms with Gasteiger partial charge in [0.1, 0.15) is 11.3 Å². The number of nitrogens with two attached hydrogens (primary N) is 1. The third kappa shape index (κ3) is 2.68. The number of fused-ring (bicyclic) bond motifs is 1. The van der Waals surface area contributed by atoms with Gasteiger partial charge in [0.25, 0.3) is 0 Å². The molecule has 92 valence electrons. The van der Waals surface area contributed by atoms with Gasteiger partial charge in [-0.2, -0.15) is 0 Å². The summed E-state index contributed by atoms with van der Waals surface area (Å²) in [4.78, 5) is 0. The largest absolute Gasteiger partial charge is 0.459 e. The van der Waals surface area contributed by atoms with E-state index in [2.05, 4.69) is 6.07 Å². The predicted octanol–water partition coefficient (Wildman–Crippen LogP) is 3.17. The Labute approximate surface area is 102 Å². The van der Waals surface area contributed by atoms with Crippen molar-refractivity contribution in [2.75, 3.05) is 13.7 Å². The van der Waals surface area contributed by atoms with Gasteiger partial charge >= 0.3 is 0 Å². The Kier molecular flexibility index (Phi) is 3.82. The second-order valence-electron chi connectivity index (χ2n) is 4.38. The normalized spacial score (nSPS) is 13.1. The van der Waals surface area contributed by atoms with E-state index in [1.54, 1.807) is 7.11 Å². The van der Waals surface area contributed by atoms with E-state index in [1.807, 2.05) is 25.1 Å². The molecule has 0 saturated carbocycles. The minimum absolute atomic E-state index is 0.0445. The van der Waals surface area contributed by atoms with Gasteiger partial charge in [0.15, 0.2) is 0 Å². The molecule has 1 heterocycles. The van der Waals surface area contributed by atoms with E-state index in [4.69, 9.17) is 14.9 Å². The van der Waals surface area contributed by atoms with E-state index in [9.17, 15) is 0 Å². The number of benzene rings is 1. The zero-order valence-electron chi connectivity index (χ0n) is 10.4. The fraction of sp³-hybridized carbons (Fsp3) is 0.429. The summed E-state index contributed by atoms with van der Waals surface area (Å²) in [6.07, 6.45) is 1.83. The molecule has 1 aromatic heterocycles. The Hall–Kier alpha value is -1.32. The van der Waals surface area contributed by atoms with Crippen molar-refractivity contribution in [2.24, 2.45) is 5.73 Å². The van der Waals surface area contributed by atoms with Crippen LogP contribution in [0.4, 0.5) is 0 Å². The number of hydrogen-bond donors (Lipinski definition) is 1. The van der Waals surface area contributed by atoms with Crippen LogP contribution in [0.5, 0.6) is 0 Å². The molecule has 2 N–H and O–H groups in total. The van der Waals surface area contributed by atoms with Gasteiger partial charge in [0, 0.05) is 19.1 Å². The van der Waals surface area contributed by atoms with Crippen molar-refractivity contribution in [3.63, 3.8) is 0 Å². The van der Waals surface area contributed by atoms with Crippen LogP contribution in [0.25, 0.3) is 11.0 Å². The number of methoxy groups -OCH3 is 1. The first-order valence-corrected chi connectivity index (χ1v) is 5.96. The molecule has 0 spiro atoms. The van der Waals surface area contributed by atoms with E-state index in [-0.39, 0.29) is 6.04 Å². The number of furan rings is 1. The minimum atomic E-state index is -0.0445. The van der Waals surface area contributed by atoms with Gasteiger partial charge in [-0.3, -0.25) is 0 Å². The lowest BCUT2D eigenvalue weighted by atomic mass is 10.1. The van der Waals surface area contributed by atoms with Gasteiger partial charge in [0.05, 0.1) is 6.04 Å². The molecule has 3 heteroatoms. The minimum Gasteiger partial charge on any atom is -0.459 e. The molecule has 1 aromatic carbocycles. The Bertz CT molecular complexity index is 490. The first kappa shape index (κ1) is 12.1. The van der Waals surface area contributed by atoms with Crippen LogP contribution in [0, 0.1) is 6.92 Å². The summed E-state index contributed by atoms with van der Waals surface area (Å²) in [6, 6.07) is 8.13. The van der Waals surface area contributed by atoms with Crippen LogP contribution in [-0.4, -0.2) is 13.7 Å². The molecule has 0 fully saturated rings. The maximum absolute atomic E-state index is 6.10. The Balaban J connectivity index is 2.16. The standard InChI is InChI=1S/C14H19NO2/c1-10-5-3-6-11-9-13(17-14(10)11)12(15)7-4-8-16-2/h3,5-6,9,12H,4,7-8,15H2,1-2H3. The number of hydrogen-bond acceptors (Lipinski definition) is 3. The van der Waals surface area contributed by atoms with Crippen LogP contribution >= 0.6 is 0 Å². The van der Waals surface area contributed by atoms with Crippen molar-refractivity contribution in [1.29, 1.82) is 0 Å². The van der Waals surface area contributed by atoms with Gasteiger partial charge < -0.3 is 14.9 Å². The Morgan fingerprint density at radius 3 is 2.94 bits per heavy atom. The molecule has 2 aromatic rings. The molecular weight excluding hydrogens is 214 g/mol. The van der Waals surface area contributed by atoms with Crippen molar-refractivity contribution < 1.29 is 9.15 Å². The van der Waals surface area contributed by atoms with E-state index < -0.39 is 0 Å². The van der Waals surface area contributed by atoms with Gasteiger partial charge in [-0.05, 0) is 31.4 Å². The van der Waals surface area contributed by atoms with Gasteiger partial charge in [-0.25, -0.2) is 0 Å². The smallest absolute Gasteiger partial charge is 0.137 e. The van der Waals surface area contributed by atoms with Gasteiger partial charge in [-0.1, -0.05) is 18.2 Å². The van der Waals surface area contributed by atoms with Crippen LogP contribution in [-0.2, 0) is 4.74 Å².